The predicted octanol–water partition coefficient (Wildman–Crippen LogP) is 1.30. The SMILES string of the molecule is COc1ccc(NC(=O)NC(=O)COC(=O)c2cnc(C)cn2)cc1. The molecule has 0 aliphatic carbocycles. The number of imide groups is 1. The number of urea groups is 1. The number of rotatable bonds is 5. The van der Waals surface area contributed by atoms with Gasteiger partial charge in [0, 0.05) is 11.9 Å². The summed E-state index contributed by atoms with van der Waals surface area (Å²) in [6.45, 7) is 1.10. The van der Waals surface area contributed by atoms with Gasteiger partial charge in [0.2, 0.25) is 0 Å². The fourth-order valence-electron chi connectivity index (χ4n) is 1.70. The first-order valence-electron chi connectivity index (χ1n) is 7.18. The third-order valence-corrected chi connectivity index (χ3v) is 2.93. The molecule has 2 rings (SSSR count). The van der Waals surface area contributed by atoms with Crippen molar-refractivity contribution in [1.82, 2.24) is 15.3 Å². The maximum absolute atomic E-state index is 11.7. The second-order valence-corrected chi connectivity index (χ2v) is 4.85. The minimum atomic E-state index is -0.807. The summed E-state index contributed by atoms with van der Waals surface area (Å²) < 4.78 is 9.76. The summed E-state index contributed by atoms with van der Waals surface area (Å²) in [5.41, 5.74) is 1.09. The zero-order valence-corrected chi connectivity index (χ0v) is 13.6. The topological polar surface area (TPSA) is 120 Å². The Hall–Kier alpha value is -3.49. The van der Waals surface area contributed by atoms with E-state index in [1.807, 2.05) is 5.32 Å². The number of hydrogen-bond acceptors (Lipinski definition) is 7. The van der Waals surface area contributed by atoms with Crippen molar-refractivity contribution >= 4 is 23.6 Å². The van der Waals surface area contributed by atoms with Crippen LogP contribution in [0.25, 0.3) is 0 Å². The maximum atomic E-state index is 11.7. The number of methoxy groups -OCH3 is 1. The highest BCUT2D eigenvalue weighted by Crippen LogP contribution is 2.14. The summed E-state index contributed by atoms with van der Waals surface area (Å²) in [5.74, 6) is -0.953. The van der Waals surface area contributed by atoms with Crippen LogP contribution in [0.4, 0.5) is 10.5 Å². The zero-order chi connectivity index (χ0) is 18.2. The normalized spacial score (nSPS) is 9.84. The molecule has 3 amide bonds. The molecule has 1 heterocycles. The Bertz CT molecular complexity index is 759. The maximum Gasteiger partial charge on any atom is 0.359 e. The number of carbonyl (C=O) groups excluding carboxylic acids is 3. The van der Waals surface area contributed by atoms with E-state index in [0.29, 0.717) is 17.1 Å². The Morgan fingerprint density at radius 2 is 1.80 bits per heavy atom. The molecule has 130 valence electrons. The van der Waals surface area contributed by atoms with Crippen LogP contribution in [0.1, 0.15) is 16.2 Å². The first-order chi connectivity index (χ1) is 12.0. The molecule has 2 N–H and O–H groups in total. The molecule has 0 unspecified atom stereocenters. The lowest BCUT2D eigenvalue weighted by atomic mass is 10.3. The van der Waals surface area contributed by atoms with Crippen LogP contribution in [0.3, 0.4) is 0 Å². The molecule has 9 nitrogen and oxygen atoms in total. The number of anilines is 1. The minimum absolute atomic E-state index is 0.0268. The van der Waals surface area contributed by atoms with Gasteiger partial charge in [-0.3, -0.25) is 15.1 Å². The lowest BCUT2D eigenvalue weighted by Gasteiger charge is -2.08. The van der Waals surface area contributed by atoms with Crippen LogP contribution in [0, 0.1) is 6.92 Å². The van der Waals surface area contributed by atoms with Crippen molar-refractivity contribution in [3.05, 3.63) is 48.0 Å². The Kier molecular flexibility index (Phi) is 5.99. The van der Waals surface area contributed by atoms with E-state index in [1.165, 1.54) is 19.5 Å². The fourth-order valence-corrected chi connectivity index (χ4v) is 1.70. The van der Waals surface area contributed by atoms with Crippen molar-refractivity contribution in [3.8, 4) is 5.75 Å². The third-order valence-electron chi connectivity index (χ3n) is 2.93. The Labute approximate surface area is 143 Å². The lowest BCUT2D eigenvalue weighted by Crippen LogP contribution is -2.37. The number of benzene rings is 1. The Balaban J connectivity index is 1.77. The van der Waals surface area contributed by atoms with Gasteiger partial charge in [0.1, 0.15) is 5.75 Å². The summed E-state index contributed by atoms with van der Waals surface area (Å²) in [6, 6.07) is 5.78. The van der Waals surface area contributed by atoms with E-state index in [2.05, 4.69) is 15.3 Å². The number of aryl methyl sites for hydroxylation is 1. The smallest absolute Gasteiger partial charge is 0.359 e. The van der Waals surface area contributed by atoms with Crippen LogP contribution in [0.2, 0.25) is 0 Å². The standard InChI is InChI=1S/C16H16N4O5/c1-10-7-18-13(8-17-10)15(22)25-9-14(21)20-16(23)19-11-3-5-12(24-2)6-4-11/h3-8H,9H2,1-2H3,(H2,19,20,21,23). The molecule has 0 aliphatic rings. The van der Waals surface area contributed by atoms with Crippen molar-refractivity contribution in [1.29, 1.82) is 0 Å². The van der Waals surface area contributed by atoms with E-state index in [1.54, 1.807) is 31.2 Å². The molecular weight excluding hydrogens is 328 g/mol. The number of ether oxygens (including phenoxy) is 2. The van der Waals surface area contributed by atoms with Crippen molar-refractivity contribution < 1.29 is 23.9 Å². The largest absolute Gasteiger partial charge is 0.497 e. The van der Waals surface area contributed by atoms with Crippen molar-refractivity contribution in [2.45, 2.75) is 6.92 Å². The number of aromatic nitrogens is 2. The summed E-state index contributed by atoms with van der Waals surface area (Å²) in [6.07, 6.45) is 2.64. The van der Waals surface area contributed by atoms with Gasteiger partial charge in [-0.25, -0.2) is 14.6 Å². The molecular formula is C16H16N4O5. The van der Waals surface area contributed by atoms with Crippen LogP contribution in [0.15, 0.2) is 36.7 Å². The molecule has 2 aromatic rings. The monoisotopic (exact) mass is 344 g/mol. The van der Waals surface area contributed by atoms with Gasteiger partial charge in [-0.05, 0) is 31.2 Å². The van der Waals surface area contributed by atoms with Gasteiger partial charge in [0.05, 0.1) is 19.0 Å². The molecule has 1 aromatic heterocycles. The average molecular weight is 344 g/mol. The Morgan fingerprint density at radius 3 is 2.40 bits per heavy atom. The second kappa shape index (κ2) is 8.39. The first kappa shape index (κ1) is 17.9. The quantitative estimate of drug-likeness (QED) is 0.784. The minimum Gasteiger partial charge on any atom is -0.497 e. The number of hydrogen-bond donors (Lipinski definition) is 2. The summed E-state index contributed by atoms with van der Waals surface area (Å²) in [4.78, 5) is 42.7. The van der Waals surface area contributed by atoms with E-state index in [-0.39, 0.29) is 5.69 Å². The highest BCUT2D eigenvalue weighted by molar-refractivity contribution is 6.02. The summed E-state index contributed by atoms with van der Waals surface area (Å²) >= 11 is 0. The number of nitrogens with zero attached hydrogens (tertiary/aromatic N) is 2. The highest BCUT2D eigenvalue weighted by Gasteiger charge is 2.14. The average Bonchev–Trinajstić information content (AvgIpc) is 2.61. The molecule has 0 saturated carbocycles. The molecule has 0 spiro atoms. The Morgan fingerprint density at radius 1 is 1.08 bits per heavy atom. The van der Waals surface area contributed by atoms with Gasteiger partial charge in [0.25, 0.3) is 5.91 Å². The van der Waals surface area contributed by atoms with Gasteiger partial charge < -0.3 is 14.8 Å². The predicted molar refractivity (Wildman–Crippen MR) is 87.2 cm³/mol. The van der Waals surface area contributed by atoms with Gasteiger partial charge in [-0.2, -0.15) is 0 Å². The molecule has 0 atom stereocenters. The molecule has 0 aliphatic heterocycles. The molecule has 0 radical (unpaired) electrons. The van der Waals surface area contributed by atoms with Crippen LogP contribution in [0.5, 0.6) is 5.75 Å². The van der Waals surface area contributed by atoms with Gasteiger partial charge in [-0.15, -0.1) is 0 Å². The molecule has 0 saturated heterocycles. The van der Waals surface area contributed by atoms with Gasteiger partial charge in [0.15, 0.2) is 12.3 Å². The van der Waals surface area contributed by atoms with Crippen LogP contribution >= 0.6 is 0 Å². The zero-order valence-electron chi connectivity index (χ0n) is 13.6. The second-order valence-electron chi connectivity index (χ2n) is 4.85. The fraction of sp³-hybridized carbons (Fsp3) is 0.188. The molecule has 0 fully saturated rings. The number of nitrogens with one attached hydrogen (secondary N) is 2. The van der Waals surface area contributed by atoms with Gasteiger partial charge >= 0.3 is 12.0 Å². The van der Waals surface area contributed by atoms with E-state index < -0.39 is 24.5 Å². The summed E-state index contributed by atoms with van der Waals surface area (Å²) in [5, 5.41) is 4.50. The van der Waals surface area contributed by atoms with E-state index in [4.69, 9.17) is 9.47 Å². The molecule has 1 aromatic carbocycles. The lowest BCUT2D eigenvalue weighted by molar-refractivity contribution is -0.123. The van der Waals surface area contributed by atoms with Crippen LogP contribution in [-0.4, -0.2) is 41.6 Å². The van der Waals surface area contributed by atoms with E-state index in [0.717, 1.165) is 0 Å². The molecule has 9 heteroatoms. The van der Waals surface area contributed by atoms with E-state index in [9.17, 15) is 14.4 Å². The van der Waals surface area contributed by atoms with Gasteiger partial charge in [-0.1, -0.05) is 0 Å². The molecule has 25 heavy (non-hydrogen) atoms. The highest BCUT2D eigenvalue weighted by atomic mass is 16.5. The van der Waals surface area contributed by atoms with Crippen molar-refractivity contribution in [3.63, 3.8) is 0 Å². The first-order valence-corrected chi connectivity index (χ1v) is 7.18. The van der Waals surface area contributed by atoms with Crippen LogP contribution in [-0.2, 0) is 9.53 Å². The van der Waals surface area contributed by atoms with Crippen molar-refractivity contribution in [2.24, 2.45) is 0 Å². The van der Waals surface area contributed by atoms with E-state index >= 15 is 0 Å². The third kappa shape index (κ3) is 5.57. The van der Waals surface area contributed by atoms with Crippen molar-refractivity contribution in [2.75, 3.05) is 19.0 Å². The van der Waals surface area contributed by atoms with Crippen LogP contribution < -0.4 is 15.4 Å². The summed E-state index contributed by atoms with van der Waals surface area (Å²) in [7, 11) is 1.53. The number of carbonyl (C=O) groups is 3. The molecule has 0 bridgehead atoms. The number of esters is 1. The number of amides is 3.